The molecule has 0 aromatic carbocycles. The quantitative estimate of drug-likeness (QED) is 0.844. The fourth-order valence-corrected chi connectivity index (χ4v) is 2.98. The van der Waals surface area contributed by atoms with E-state index in [4.69, 9.17) is 4.52 Å². The number of H-pyrrole nitrogens is 1. The maximum atomic E-state index is 11.6. The second-order valence-electron chi connectivity index (χ2n) is 5.57. The van der Waals surface area contributed by atoms with Crippen molar-refractivity contribution >= 4 is 5.91 Å². The molecular formula is C14H19N5O2. The van der Waals surface area contributed by atoms with Gasteiger partial charge in [-0.3, -0.25) is 9.89 Å². The minimum atomic E-state index is -0.510. The minimum absolute atomic E-state index is 0.0650. The monoisotopic (exact) mass is 289 g/mol. The molecule has 3 rings (SSSR count). The van der Waals surface area contributed by atoms with Crippen molar-refractivity contribution in [3.05, 3.63) is 18.1 Å². The molecule has 7 nitrogen and oxygen atoms in total. The lowest BCUT2D eigenvalue weighted by Gasteiger charge is -2.30. The summed E-state index contributed by atoms with van der Waals surface area (Å²) in [5, 5.41) is 13.9. The van der Waals surface area contributed by atoms with Crippen molar-refractivity contribution in [2.75, 3.05) is 0 Å². The zero-order valence-corrected chi connectivity index (χ0v) is 12.1. The van der Waals surface area contributed by atoms with E-state index in [1.807, 2.05) is 0 Å². The molecule has 2 N–H and O–H groups in total. The Morgan fingerprint density at radius 1 is 1.33 bits per heavy atom. The number of carbonyl (C=O) groups is 1. The molecule has 2 aromatic heterocycles. The van der Waals surface area contributed by atoms with Gasteiger partial charge in [-0.05, 0) is 18.9 Å². The smallest absolute Gasteiger partial charge is 0.276 e. The van der Waals surface area contributed by atoms with Gasteiger partial charge >= 0.3 is 0 Å². The number of nitrogens with zero attached hydrogens (tertiary/aromatic N) is 3. The number of hydrogen-bond acceptors (Lipinski definition) is 5. The third-order valence-corrected chi connectivity index (χ3v) is 3.96. The van der Waals surface area contributed by atoms with Gasteiger partial charge in [0, 0.05) is 13.1 Å². The molecule has 7 heteroatoms. The molecule has 1 saturated carbocycles. The van der Waals surface area contributed by atoms with Crippen LogP contribution in [0.2, 0.25) is 0 Å². The van der Waals surface area contributed by atoms with Crippen molar-refractivity contribution in [1.29, 1.82) is 0 Å². The molecule has 112 valence electrons. The highest BCUT2D eigenvalue weighted by molar-refractivity contribution is 5.74. The zero-order chi connectivity index (χ0) is 14.7. The van der Waals surface area contributed by atoms with Crippen molar-refractivity contribution in [2.45, 2.75) is 51.0 Å². The van der Waals surface area contributed by atoms with Crippen LogP contribution in [0.5, 0.6) is 0 Å². The van der Waals surface area contributed by atoms with Crippen LogP contribution in [0.1, 0.15) is 51.3 Å². The first-order valence-electron chi connectivity index (χ1n) is 7.32. The molecule has 0 radical (unpaired) electrons. The maximum absolute atomic E-state index is 11.6. The van der Waals surface area contributed by atoms with E-state index in [-0.39, 0.29) is 5.91 Å². The average Bonchev–Trinajstić information content (AvgIpc) is 3.08. The summed E-state index contributed by atoms with van der Waals surface area (Å²) in [5.41, 5.74) is 0.171. The Balaban J connectivity index is 1.94. The molecule has 0 unspecified atom stereocenters. The summed E-state index contributed by atoms with van der Waals surface area (Å²) in [4.78, 5) is 16.1. The Labute approximate surface area is 122 Å². The van der Waals surface area contributed by atoms with Crippen LogP contribution in [0.15, 0.2) is 16.8 Å². The number of aromatic amines is 1. The Hall–Kier alpha value is -2.18. The lowest BCUT2D eigenvalue weighted by atomic mass is 9.89. The fraction of sp³-hybridized carbons (Fsp3) is 0.571. The molecule has 2 aromatic rings. The summed E-state index contributed by atoms with van der Waals surface area (Å²) in [7, 11) is 0. The van der Waals surface area contributed by atoms with Gasteiger partial charge in [-0.15, -0.1) is 0 Å². The van der Waals surface area contributed by atoms with Crippen molar-refractivity contribution in [1.82, 2.24) is 25.7 Å². The largest absolute Gasteiger partial charge is 0.343 e. The number of hydrogen-bond donors (Lipinski definition) is 2. The lowest BCUT2D eigenvalue weighted by molar-refractivity contribution is -0.121. The van der Waals surface area contributed by atoms with Crippen LogP contribution in [0.25, 0.3) is 11.6 Å². The highest BCUT2D eigenvalue weighted by Crippen LogP contribution is 2.35. The van der Waals surface area contributed by atoms with Crippen LogP contribution in [0.3, 0.4) is 0 Å². The molecule has 0 atom stereocenters. The van der Waals surface area contributed by atoms with E-state index < -0.39 is 5.54 Å². The van der Waals surface area contributed by atoms with E-state index in [9.17, 15) is 4.79 Å². The lowest BCUT2D eigenvalue weighted by Crippen LogP contribution is -2.45. The molecule has 0 bridgehead atoms. The first-order valence-corrected chi connectivity index (χ1v) is 7.32. The standard InChI is InChI=1S/C14H19N5O2/c1-10(20)17-14(7-4-2-3-5-8-14)13-16-12(21-19-13)11-6-9-15-18-11/h6,9H,2-5,7-8H2,1H3,(H,15,18)(H,17,20). The maximum Gasteiger partial charge on any atom is 0.276 e. The summed E-state index contributed by atoms with van der Waals surface area (Å²) in [6.45, 7) is 1.53. The third kappa shape index (κ3) is 2.81. The number of amides is 1. The average molecular weight is 289 g/mol. The molecule has 1 aliphatic carbocycles. The second kappa shape index (κ2) is 5.67. The van der Waals surface area contributed by atoms with E-state index in [1.54, 1.807) is 12.3 Å². The van der Waals surface area contributed by atoms with Gasteiger partial charge < -0.3 is 9.84 Å². The number of rotatable bonds is 3. The number of nitrogens with one attached hydrogen (secondary N) is 2. The Morgan fingerprint density at radius 2 is 2.10 bits per heavy atom. The summed E-state index contributed by atoms with van der Waals surface area (Å²) in [6.07, 6.45) is 7.76. The molecule has 0 aliphatic heterocycles. The van der Waals surface area contributed by atoms with E-state index in [0.717, 1.165) is 25.7 Å². The van der Waals surface area contributed by atoms with Crippen molar-refractivity contribution in [3.8, 4) is 11.6 Å². The first-order chi connectivity index (χ1) is 10.2. The predicted molar refractivity (Wildman–Crippen MR) is 75.1 cm³/mol. The molecular weight excluding hydrogens is 270 g/mol. The molecule has 21 heavy (non-hydrogen) atoms. The third-order valence-electron chi connectivity index (χ3n) is 3.96. The SMILES string of the molecule is CC(=O)NC1(c2noc(-c3ccn[nH]3)n2)CCCCCC1. The van der Waals surface area contributed by atoms with Crippen LogP contribution >= 0.6 is 0 Å². The molecule has 0 saturated heterocycles. The molecule has 0 spiro atoms. The van der Waals surface area contributed by atoms with E-state index in [0.29, 0.717) is 17.4 Å². The second-order valence-corrected chi connectivity index (χ2v) is 5.57. The minimum Gasteiger partial charge on any atom is -0.343 e. The van der Waals surface area contributed by atoms with E-state index >= 15 is 0 Å². The number of aromatic nitrogens is 4. The van der Waals surface area contributed by atoms with Crippen LogP contribution in [-0.4, -0.2) is 26.2 Å². The molecule has 1 amide bonds. The Kier molecular flexibility index (Phi) is 3.72. The van der Waals surface area contributed by atoms with Gasteiger partial charge in [-0.25, -0.2) is 0 Å². The number of carbonyl (C=O) groups excluding carboxylic acids is 1. The van der Waals surface area contributed by atoms with Gasteiger partial charge in [0.25, 0.3) is 5.89 Å². The van der Waals surface area contributed by atoms with E-state index in [1.165, 1.54) is 19.8 Å². The molecule has 2 heterocycles. The molecule has 1 aliphatic rings. The predicted octanol–water partition coefficient (Wildman–Crippen LogP) is 2.15. The van der Waals surface area contributed by atoms with Crippen molar-refractivity contribution in [2.24, 2.45) is 0 Å². The van der Waals surface area contributed by atoms with Gasteiger partial charge in [-0.1, -0.05) is 30.8 Å². The van der Waals surface area contributed by atoms with Gasteiger partial charge in [0.1, 0.15) is 11.2 Å². The Morgan fingerprint density at radius 3 is 2.71 bits per heavy atom. The highest BCUT2D eigenvalue weighted by atomic mass is 16.5. The topological polar surface area (TPSA) is 96.7 Å². The first kappa shape index (κ1) is 13.8. The van der Waals surface area contributed by atoms with Crippen molar-refractivity contribution < 1.29 is 9.32 Å². The van der Waals surface area contributed by atoms with Crippen LogP contribution in [0.4, 0.5) is 0 Å². The van der Waals surface area contributed by atoms with Crippen LogP contribution in [-0.2, 0) is 10.3 Å². The van der Waals surface area contributed by atoms with Gasteiger partial charge in [0.2, 0.25) is 5.91 Å². The van der Waals surface area contributed by atoms with Crippen molar-refractivity contribution in [3.63, 3.8) is 0 Å². The summed E-state index contributed by atoms with van der Waals surface area (Å²) >= 11 is 0. The molecule has 1 fully saturated rings. The van der Waals surface area contributed by atoms with Gasteiger partial charge in [0.15, 0.2) is 5.82 Å². The summed E-state index contributed by atoms with van der Waals surface area (Å²) in [6, 6.07) is 1.77. The van der Waals surface area contributed by atoms with Gasteiger partial charge in [-0.2, -0.15) is 10.1 Å². The van der Waals surface area contributed by atoms with E-state index in [2.05, 4.69) is 25.7 Å². The van der Waals surface area contributed by atoms with Crippen LogP contribution in [0, 0.1) is 0 Å². The zero-order valence-electron chi connectivity index (χ0n) is 12.1. The normalized spacial score (nSPS) is 18.1. The van der Waals surface area contributed by atoms with Crippen LogP contribution < -0.4 is 5.32 Å². The fourth-order valence-electron chi connectivity index (χ4n) is 2.98. The Bertz CT molecular complexity index is 597. The summed E-state index contributed by atoms with van der Waals surface area (Å²) in [5.74, 6) is 0.894. The summed E-state index contributed by atoms with van der Waals surface area (Å²) < 4.78 is 5.33. The highest BCUT2D eigenvalue weighted by Gasteiger charge is 2.38. The van der Waals surface area contributed by atoms with Gasteiger partial charge in [0.05, 0.1) is 0 Å².